The van der Waals surface area contributed by atoms with Crippen LogP contribution >= 0.6 is 11.6 Å². The lowest BCUT2D eigenvalue weighted by atomic mass is 10.2. The van der Waals surface area contributed by atoms with E-state index in [0.29, 0.717) is 36.0 Å². The topological polar surface area (TPSA) is 76.7 Å². The first-order valence-electron chi connectivity index (χ1n) is 8.24. The van der Waals surface area contributed by atoms with Crippen LogP contribution in [-0.2, 0) is 4.79 Å². The highest BCUT2D eigenvalue weighted by atomic mass is 35.5. The molecule has 0 radical (unpaired) electrons. The lowest BCUT2D eigenvalue weighted by Gasteiger charge is -2.09. The highest BCUT2D eigenvalue weighted by Crippen LogP contribution is 2.17. The minimum atomic E-state index is -0.264. The third-order valence-corrected chi connectivity index (χ3v) is 3.60. The third-order valence-electron chi connectivity index (χ3n) is 3.34. The summed E-state index contributed by atoms with van der Waals surface area (Å²) < 4.78 is 10.7. The minimum absolute atomic E-state index is 0.0981. The number of amides is 2. The summed E-state index contributed by atoms with van der Waals surface area (Å²) in [4.78, 5) is 23.6. The Morgan fingerprint density at radius 1 is 0.885 bits per heavy atom. The molecular formula is C19H21ClN2O4. The fourth-order valence-corrected chi connectivity index (χ4v) is 2.21. The Balaban J connectivity index is 1.62. The van der Waals surface area contributed by atoms with Crippen molar-refractivity contribution in [3.05, 3.63) is 59.1 Å². The summed E-state index contributed by atoms with van der Waals surface area (Å²) in [7, 11) is 0. The summed E-state index contributed by atoms with van der Waals surface area (Å²) in [6, 6.07) is 13.6. The van der Waals surface area contributed by atoms with E-state index in [-0.39, 0.29) is 18.4 Å². The van der Waals surface area contributed by atoms with Gasteiger partial charge in [0.25, 0.3) is 11.8 Å². The molecule has 2 aromatic carbocycles. The number of hydrogen-bond donors (Lipinski definition) is 2. The molecular weight excluding hydrogens is 356 g/mol. The third kappa shape index (κ3) is 6.64. The number of nitrogens with one attached hydrogen (secondary N) is 2. The maximum absolute atomic E-state index is 11.9. The fraction of sp³-hybridized carbons (Fsp3) is 0.263. The number of ether oxygens (including phenoxy) is 2. The van der Waals surface area contributed by atoms with Crippen molar-refractivity contribution in [3.8, 4) is 11.5 Å². The van der Waals surface area contributed by atoms with E-state index in [1.54, 1.807) is 48.5 Å². The van der Waals surface area contributed by atoms with Gasteiger partial charge < -0.3 is 20.1 Å². The summed E-state index contributed by atoms with van der Waals surface area (Å²) in [5, 5.41) is 5.96. The average molecular weight is 377 g/mol. The molecule has 26 heavy (non-hydrogen) atoms. The molecule has 2 aromatic rings. The van der Waals surface area contributed by atoms with Gasteiger partial charge in [-0.1, -0.05) is 11.6 Å². The fourth-order valence-electron chi connectivity index (χ4n) is 2.08. The first-order chi connectivity index (χ1) is 12.6. The Morgan fingerprint density at radius 2 is 1.46 bits per heavy atom. The molecule has 0 aliphatic heterocycles. The Hall–Kier alpha value is -2.73. The number of benzene rings is 2. The predicted octanol–water partition coefficient (Wildman–Crippen LogP) is 2.66. The molecule has 6 nitrogen and oxygen atoms in total. The van der Waals surface area contributed by atoms with Gasteiger partial charge in [-0.15, -0.1) is 0 Å². The molecule has 0 aromatic heterocycles. The molecule has 0 saturated heterocycles. The van der Waals surface area contributed by atoms with Gasteiger partial charge in [0.15, 0.2) is 6.61 Å². The van der Waals surface area contributed by atoms with Gasteiger partial charge in [-0.05, 0) is 55.5 Å². The standard InChI is InChI=1S/C19H21ClN2O4/c1-2-25-16-7-9-17(10-8-16)26-13-18(23)21-11-12-22-19(24)14-3-5-15(20)6-4-14/h3-10H,2,11-13H2,1H3,(H,21,23)(H,22,24). The highest BCUT2D eigenvalue weighted by Gasteiger charge is 2.06. The minimum Gasteiger partial charge on any atom is -0.494 e. The lowest BCUT2D eigenvalue weighted by molar-refractivity contribution is -0.123. The number of halogens is 1. The van der Waals surface area contributed by atoms with E-state index in [1.165, 1.54) is 0 Å². The van der Waals surface area contributed by atoms with Gasteiger partial charge in [-0.25, -0.2) is 0 Å². The summed E-state index contributed by atoms with van der Waals surface area (Å²) in [5.41, 5.74) is 0.513. The summed E-state index contributed by atoms with van der Waals surface area (Å²) >= 11 is 5.78. The van der Waals surface area contributed by atoms with Crippen LogP contribution in [0.15, 0.2) is 48.5 Å². The van der Waals surface area contributed by atoms with Crippen molar-refractivity contribution >= 4 is 23.4 Å². The number of hydrogen-bond acceptors (Lipinski definition) is 4. The second-order valence-corrected chi connectivity index (χ2v) is 5.74. The zero-order valence-electron chi connectivity index (χ0n) is 14.5. The first-order valence-corrected chi connectivity index (χ1v) is 8.62. The van der Waals surface area contributed by atoms with E-state index in [2.05, 4.69) is 10.6 Å². The highest BCUT2D eigenvalue weighted by molar-refractivity contribution is 6.30. The van der Waals surface area contributed by atoms with Crippen LogP contribution in [0.25, 0.3) is 0 Å². The largest absolute Gasteiger partial charge is 0.494 e. The van der Waals surface area contributed by atoms with Crippen LogP contribution in [0.4, 0.5) is 0 Å². The van der Waals surface area contributed by atoms with Crippen LogP contribution in [-0.4, -0.2) is 38.1 Å². The monoisotopic (exact) mass is 376 g/mol. The van der Waals surface area contributed by atoms with Crippen LogP contribution < -0.4 is 20.1 Å². The van der Waals surface area contributed by atoms with Crippen molar-refractivity contribution in [1.29, 1.82) is 0 Å². The van der Waals surface area contributed by atoms with Crippen LogP contribution in [0.1, 0.15) is 17.3 Å². The van der Waals surface area contributed by atoms with Gasteiger partial charge in [0.1, 0.15) is 11.5 Å². The van der Waals surface area contributed by atoms with Crippen molar-refractivity contribution in [2.45, 2.75) is 6.92 Å². The second-order valence-electron chi connectivity index (χ2n) is 5.31. The van der Waals surface area contributed by atoms with Gasteiger partial charge in [0, 0.05) is 23.7 Å². The molecule has 0 atom stereocenters. The molecule has 2 rings (SSSR count). The van der Waals surface area contributed by atoms with E-state index >= 15 is 0 Å². The van der Waals surface area contributed by atoms with E-state index in [1.807, 2.05) is 6.92 Å². The summed E-state index contributed by atoms with van der Waals surface area (Å²) in [6.07, 6.45) is 0. The van der Waals surface area contributed by atoms with Crippen molar-refractivity contribution in [1.82, 2.24) is 10.6 Å². The average Bonchev–Trinajstić information content (AvgIpc) is 2.65. The van der Waals surface area contributed by atoms with Gasteiger partial charge >= 0.3 is 0 Å². The maximum Gasteiger partial charge on any atom is 0.258 e. The SMILES string of the molecule is CCOc1ccc(OCC(=O)NCCNC(=O)c2ccc(Cl)cc2)cc1. The molecule has 7 heteroatoms. The molecule has 2 N–H and O–H groups in total. The Kier molecular flexibility index (Phi) is 7.76. The molecule has 0 aliphatic rings. The molecule has 0 heterocycles. The van der Waals surface area contributed by atoms with Crippen LogP contribution in [0.2, 0.25) is 5.02 Å². The molecule has 0 unspecified atom stereocenters. The molecule has 138 valence electrons. The summed E-state index contributed by atoms with van der Waals surface area (Å²) in [5.74, 6) is 0.849. The first kappa shape index (κ1) is 19.6. The van der Waals surface area contributed by atoms with Crippen LogP contribution in [0, 0.1) is 0 Å². The maximum atomic E-state index is 11.9. The van der Waals surface area contributed by atoms with Gasteiger partial charge in [0.2, 0.25) is 0 Å². The predicted molar refractivity (Wildman–Crippen MR) is 99.9 cm³/mol. The second kappa shape index (κ2) is 10.3. The molecule has 0 saturated carbocycles. The van der Waals surface area contributed by atoms with Gasteiger partial charge in [-0.2, -0.15) is 0 Å². The summed E-state index contributed by atoms with van der Waals surface area (Å²) in [6.45, 7) is 3.03. The molecule has 0 fully saturated rings. The smallest absolute Gasteiger partial charge is 0.258 e. The molecule has 0 bridgehead atoms. The van der Waals surface area contributed by atoms with Gasteiger partial charge in [-0.3, -0.25) is 9.59 Å². The van der Waals surface area contributed by atoms with Crippen LogP contribution in [0.3, 0.4) is 0 Å². The lowest BCUT2D eigenvalue weighted by Crippen LogP contribution is -2.36. The van der Waals surface area contributed by atoms with Crippen molar-refractivity contribution < 1.29 is 19.1 Å². The molecule has 0 aliphatic carbocycles. The zero-order chi connectivity index (χ0) is 18.8. The molecule has 2 amide bonds. The van der Waals surface area contributed by atoms with E-state index in [9.17, 15) is 9.59 Å². The molecule has 0 spiro atoms. The van der Waals surface area contributed by atoms with E-state index in [4.69, 9.17) is 21.1 Å². The van der Waals surface area contributed by atoms with E-state index in [0.717, 1.165) is 5.75 Å². The van der Waals surface area contributed by atoms with Crippen molar-refractivity contribution in [2.24, 2.45) is 0 Å². The zero-order valence-corrected chi connectivity index (χ0v) is 15.2. The Morgan fingerprint density at radius 3 is 2.08 bits per heavy atom. The van der Waals surface area contributed by atoms with Crippen molar-refractivity contribution in [2.75, 3.05) is 26.3 Å². The number of carbonyl (C=O) groups is 2. The van der Waals surface area contributed by atoms with Crippen LogP contribution in [0.5, 0.6) is 11.5 Å². The number of carbonyl (C=O) groups excluding carboxylic acids is 2. The quantitative estimate of drug-likeness (QED) is 0.660. The normalized spacial score (nSPS) is 10.1. The Labute approximate surface area is 157 Å². The Bertz CT molecular complexity index is 717. The van der Waals surface area contributed by atoms with Gasteiger partial charge in [0.05, 0.1) is 6.61 Å². The van der Waals surface area contributed by atoms with E-state index < -0.39 is 0 Å². The number of rotatable bonds is 9. The van der Waals surface area contributed by atoms with Crippen molar-refractivity contribution in [3.63, 3.8) is 0 Å².